The Morgan fingerprint density at radius 2 is 2.09 bits per heavy atom. The Bertz CT molecular complexity index is 862. The molecule has 0 aliphatic rings. The molecule has 0 unspecified atom stereocenters. The average Bonchev–Trinajstić information content (AvgIpc) is 2.95. The van der Waals surface area contributed by atoms with Crippen molar-refractivity contribution in [1.29, 1.82) is 0 Å². The molecule has 0 aliphatic carbocycles. The summed E-state index contributed by atoms with van der Waals surface area (Å²) in [5, 5.41) is 10.5. The van der Waals surface area contributed by atoms with E-state index in [1.54, 1.807) is 25.1 Å². The molecule has 3 aromatic rings. The number of benzene rings is 1. The molecule has 2 aromatic heterocycles. The zero-order valence-corrected chi connectivity index (χ0v) is 11.7. The van der Waals surface area contributed by atoms with E-state index in [1.807, 2.05) is 6.07 Å². The number of pyridine rings is 1. The number of carbonyl (C=O) groups excluding carboxylic acids is 1. The molecular formula is C15H12N4O3. The molecule has 0 aliphatic heterocycles. The summed E-state index contributed by atoms with van der Waals surface area (Å²) in [6.45, 7) is 1.71. The van der Waals surface area contributed by atoms with Crippen molar-refractivity contribution in [3.05, 3.63) is 64.4 Å². The minimum atomic E-state index is -0.324. The third kappa shape index (κ3) is 2.93. The molecule has 0 spiro atoms. The number of carbonyl (C=O) groups is 1. The highest BCUT2D eigenvalue weighted by Crippen LogP contribution is 2.21. The highest BCUT2D eigenvalue weighted by molar-refractivity contribution is 6.04. The molecule has 7 heteroatoms. The van der Waals surface area contributed by atoms with Gasteiger partial charge in [-0.25, -0.2) is 0 Å². The number of rotatable bonds is 3. The molecule has 0 saturated heterocycles. The van der Waals surface area contributed by atoms with Gasteiger partial charge in [0, 0.05) is 30.4 Å². The van der Waals surface area contributed by atoms with Gasteiger partial charge in [0.2, 0.25) is 17.3 Å². The summed E-state index contributed by atoms with van der Waals surface area (Å²) in [5.74, 6) is 0.533. The maximum atomic E-state index is 12.1. The van der Waals surface area contributed by atoms with Gasteiger partial charge in [-0.1, -0.05) is 6.07 Å². The third-order valence-electron chi connectivity index (χ3n) is 2.94. The first-order chi connectivity index (χ1) is 10.6. The van der Waals surface area contributed by atoms with Crippen molar-refractivity contribution in [2.45, 2.75) is 6.92 Å². The monoisotopic (exact) mass is 296 g/mol. The summed E-state index contributed by atoms with van der Waals surface area (Å²) in [7, 11) is 0. The largest absolute Gasteiger partial charge is 0.421 e. The lowest BCUT2D eigenvalue weighted by Gasteiger charge is -2.05. The molecule has 1 aromatic carbocycles. The second-order valence-electron chi connectivity index (χ2n) is 4.60. The Balaban J connectivity index is 1.82. The number of anilines is 1. The van der Waals surface area contributed by atoms with E-state index >= 15 is 0 Å². The zero-order valence-electron chi connectivity index (χ0n) is 11.7. The van der Waals surface area contributed by atoms with Crippen LogP contribution in [0.4, 0.5) is 5.69 Å². The molecule has 22 heavy (non-hydrogen) atoms. The number of nitrogens with zero attached hydrogens (tertiary/aromatic N) is 2. The van der Waals surface area contributed by atoms with Crippen LogP contribution in [-0.4, -0.2) is 21.1 Å². The Morgan fingerprint density at radius 3 is 2.77 bits per heavy atom. The zero-order chi connectivity index (χ0) is 15.5. The number of hydrogen-bond donors (Lipinski definition) is 2. The first-order valence-electron chi connectivity index (χ1n) is 6.52. The van der Waals surface area contributed by atoms with E-state index in [2.05, 4.69) is 20.5 Å². The average molecular weight is 296 g/mol. The van der Waals surface area contributed by atoms with Crippen LogP contribution in [0.5, 0.6) is 0 Å². The van der Waals surface area contributed by atoms with Crippen LogP contribution in [0.25, 0.3) is 11.5 Å². The molecule has 0 saturated carbocycles. The quantitative estimate of drug-likeness (QED) is 0.769. The Kier molecular flexibility index (Phi) is 3.53. The molecule has 0 radical (unpaired) electrons. The van der Waals surface area contributed by atoms with Crippen LogP contribution in [0, 0.1) is 6.92 Å². The van der Waals surface area contributed by atoms with Gasteiger partial charge in [0.05, 0.1) is 5.56 Å². The van der Waals surface area contributed by atoms with Gasteiger partial charge in [0.1, 0.15) is 0 Å². The second-order valence-corrected chi connectivity index (χ2v) is 4.60. The molecular weight excluding hydrogens is 284 g/mol. The first-order valence-corrected chi connectivity index (χ1v) is 6.52. The molecule has 2 N–H and O–H groups in total. The van der Waals surface area contributed by atoms with E-state index in [1.165, 1.54) is 18.3 Å². The smallest absolute Gasteiger partial charge is 0.257 e. The minimum Gasteiger partial charge on any atom is -0.421 e. The van der Waals surface area contributed by atoms with Crippen LogP contribution in [-0.2, 0) is 0 Å². The molecule has 110 valence electrons. The van der Waals surface area contributed by atoms with E-state index in [4.69, 9.17) is 4.42 Å². The number of amides is 1. The number of aromatic amines is 1. The Morgan fingerprint density at radius 1 is 1.23 bits per heavy atom. The summed E-state index contributed by atoms with van der Waals surface area (Å²) in [5.41, 5.74) is 1.40. The molecule has 7 nitrogen and oxygen atoms in total. The maximum Gasteiger partial charge on any atom is 0.257 e. The van der Waals surface area contributed by atoms with E-state index in [0.717, 1.165) is 0 Å². The number of aryl methyl sites for hydroxylation is 1. The highest BCUT2D eigenvalue weighted by atomic mass is 16.4. The van der Waals surface area contributed by atoms with Crippen LogP contribution in [0.2, 0.25) is 0 Å². The number of hydrogen-bond acceptors (Lipinski definition) is 5. The second kappa shape index (κ2) is 5.65. The van der Waals surface area contributed by atoms with Gasteiger partial charge in [-0.3, -0.25) is 9.59 Å². The lowest BCUT2D eigenvalue weighted by molar-refractivity contribution is 0.102. The topological polar surface area (TPSA) is 101 Å². The van der Waals surface area contributed by atoms with E-state index in [-0.39, 0.29) is 11.5 Å². The van der Waals surface area contributed by atoms with Gasteiger partial charge in [-0.2, -0.15) is 0 Å². The van der Waals surface area contributed by atoms with Crippen LogP contribution >= 0.6 is 0 Å². The van der Waals surface area contributed by atoms with Crippen LogP contribution in [0.1, 0.15) is 16.2 Å². The lowest BCUT2D eigenvalue weighted by Crippen LogP contribution is -2.14. The van der Waals surface area contributed by atoms with E-state index in [0.29, 0.717) is 28.6 Å². The number of H-pyrrole nitrogens is 1. The number of aromatic nitrogens is 3. The van der Waals surface area contributed by atoms with E-state index < -0.39 is 0 Å². The predicted octanol–water partition coefficient (Wildman–Crippen LogP) is 1.99. The van der Waals surface area contributed by atoms with Crippen molar-refractivity contribution >= 4 is 11.6 Å². The lowest BCUT2D eigenvalue weighted by atomic mass is 10.2. The predicted molar refractivity (Wildman–Crippen MR) is 79.5 cm³/mol. The fraction of sp³-hybridized carbons (Fsp3) is 0.0667. The van der Waals surface area contributed by atoms with E-state index in [9.17, 15) is 9.59 Å². The first kappa shape index (κ1) is 13.7. The molecule has 3 rings (SSSR count). The summed E-state index contributed by atoms with van der Waals surface area (Å²) < 4.78 is 5.35. The van der Waals surface area contributed by atoms with Gasteiger partial charge in [-0.05, 0) is 24.3 Å². The Labute approximate surface area is 125 Å². The van der Waals surface area contributed by atoms with Crippen LogP contribution < -0.4 is 10.9 Å². The fourth-order valence-electron chi connectivity index (χ4n) is 1.90. The molecule has 1 amide bonds. The molecule has 0 bridgehead atoms. The van der Waals surface area contributed by atoms with Crippen molar-refractivity contribution in [3.63, 3.8) is 0 Å². The van der Waals surface area contributed by atoms with Crippen molar-refractivity contribution in [3.8, 4) is 11.5 Å². The highest BCUT2D eigenvalue weighted by Gasteiger charge is 2.09. The van der Waals surface area contributed by atoms with Gasteiger partial charge in [0.25, 0.3) is 5.91 Å². The minimum absolute atomic E-state index is 0.259. The van der Waals surface area contributed by atoms with Crippen molar-refractivity contribution in [2.75, 3.05) is 5.32 Å². The third-order valence-corrected chi connectivity index (χ3v) is 2.94. The van der Waals surface area contributed by atoms with Gasteiger partial charge >= 0.3 is 0 Å². The Hall–Kier alpha value is -3.22. The normalized spacial score (nSPS) is 10.4. The van der Waals surface area contributed by atoms with Crippen LogP contribution in [0.15, 0.2) is 51.8 Å². The van der Waals surface area contributed by atoms with Gasteiger partial charge < -0.3 is 14.7 Å². The molecule has 2 heterocycles. The summed E-state index contributed by atoms with van der Waals surface area (Å²) in [4.78, 5) is 25.5. The van der Waals surface area contributed by atoms with Gasteiger partial charge in [-0.15, -0.1) is 10.2 Å². The molecule has 0 atom stereocenters. The van der Waals surface area contributed by atoms with Crippen LogP contribution in [0.3, 0.4) is 0 Å². The van der Waals surface area contributed by atoms with Crippen molar-refractivity contribution in [1.82, 2.24) is 15.2 Å². The SMILES string of the molecule is Cc1nnc(-c2cccc(NC(=O)c3ccc(=O)[nH]c3)c2)o1. The van der Waals surface area contributed by atoms with Gasteiger partial charge in [0.15, 0.2) is 0 Å². The van der Waals surface area contributed by atoms with Crippen molar-refractivity contribution in [2.24, 2.45) is 0 Å². The maximum absolute atomic E-state index is 12.1. The standard InChI is InChI=1S/C15H12N4O3/c1-9-18-19-15(22-9)10-3-2-4-12(7-10)17-14(21)11-5-6-13(20)16-8-11/h2-8H,1H3,(H,16,20)(H,17,21). The molecule has 0 fully saturated rings. The summed E-state index contributed by atoms with van der Waals surface area (Å²) >= 11 is 0. The van der Waals surface area contributed by atoms with Crippen molar-refractivity contribution < 1.29 is 9.21 Å². The summed E-state index contributed by atoms with van der Waals surface area (Å²) in [6.07, 6.45) is 1.36. The number of nitrogens with one attached hydrogen (secondary N) is 2. The fourth-order valence-corrected chi connectivity index (χ4v) is 1.90. The summed E-state index contributed by atoms with van der Waals surface area (Å²) in [6, 6.07) is 9.82.